The highest BCUT2D eigenvalue weighted by molar-refractivity contribution is 6.33. The summed E-state index contributed by atoms with van der Waals surface area (Å²) < 4.78 is 4.55. The molecule has 5 nitrogen and oxygen atoms in total. The molecule has 1 aromatic carbocycles. The fourth-order valence-corrected chi connectivity index (χ4v) is 1.70. The molecule has 0 radical (unpaired) electrons. The second-order valence-electron chi connectivity index (χ2n) is 3.76. The molecule has 0 heterocycles. The monoisotopic (exact) mass is 274 g/mol. The zero-order valence-electron chi connectivity index (χ0n) is 9.84. The van der Waals surface area contributed by atoms with E-state index in [1.807, 2.05) is 0 Å². The van der Waals surface area contributed by atoms with Crippen LogP contribution in [0.2, 0.25) is 5.02 Å². The van der Waals surface area contributed by atoms with Crippen LogP contribution in [-0.4, -0.2) is 41.1 Å². The molecule has 0 aliphatic carbocycles. The SMILES string of the molecule is COC(=O)c1cc(C(O)C(O)CCO)ccc1Cl. The second kappa shape index (κ2) is 6.70. The Morgan fingerprint density at radius 1 is 1.44 bits per heavy atom. The number of benzene rings is 1. The van der Waals surface area contributed by atoms with Gasteiger partial charge in [0, 0.05) is 6.61 Å². The van der Waals surface area contributed by atoms with Crippen LogP contribution in [0.15, 0.2) is 18.2 Å². The van der Waals surface area contributed by atoms with E-state index in [1.54, 1.807) is 0 Å². The molecule has 2 atom stereocenters. The minimum Gasteiger partial charge on any atom is -0.465 e. The fourth-order valence-electron chi connectivity index (χ4n) is 1.51. The predicted molar refractivity (Wildman–Crippen MR) is 65.5 cm³/mol. The van der Waals surface area contributed by atoms with Gasteiger partial charge in [-0.1, -0.05) is 17.7 Å². The summed E-state index contributed by atoms with van der Waals surface area (Å²) in [7, 11) is 1.22. The van der Waals surface area contributed by atoms with Crippen molar-refractivity contribution in [3.8, 4) is 0 Å². The molecule has 0 aliphatic heterocycles. The first-order valence-corrected chi connectivity index (χ1v) is 5.73. The van der Waals surface area contributed by atoms with Crippen molar-refractivity contribution in [2.24, 2.45) is 0 Å². The summed E-state index contributed by atoms with van der Waals surface area (Å²) in [4.78, 5) is 11.4. The lowest BCUT2D eigenvalue weighted by molar-refractivity contribution is 0.00414. The van der Waals surface area contributed by atoms with Crippen LogP contribution in [0.3, 0.4) is 0 Å². The summed E-state index contributed by atoms with van der Waals surface area (Å²) in [6, 6.07) is 4.30. The van der Waals surface area contributed by atoms with Gasteiger partial charge in [-0.3, -0.25) is 0 Å². The van der Waals surface area contributed by atoms with Gasteiger partial charge in [-0.15, -0.1) is 0 Å². The van der Waals surface area contributed by atoms with Gasteiger partial charge in [0.05, 0.1) is 23.8 Å². The Labute approximate surface area is 110 Å². The Bertz CT molecular complexity index is 421. The summed E-state index contributed by atoms with van der Waals surface area (Å²) in [6.07, 6.45) is -2.27. The molecule has 0 fully saturated rings. The van der Waals surface area contributed by atoms with Crippen molar-refractivity contribution in [3.63, 3.8) is 0 Å². The number of rotatable bonds is 5. The van der Waals surface area contributed by atoms with Crippen LogP contribution >= 0.6 is 11.6 Å². The van der Waals surface area contributed by atoms with Gasteiger partial charge in [-0.25, -0.2) is 4.79 Å². The molecule has 0 spiro atoms. The predicted octanol–water partition coefficient (Wildman–Crippen LogP) is 0.903. The summed E-state index contributed by atoms with van der Waals surface area (Å²) in [5, 5.41) is 28.3. The number of carbonyl (C=O) groups is 1. The third-order valence-corrected chi connectivity index (χ3v) is 2.86. The number of aliphatic hydroxyl groups is 3. The first-order chi connectivity index (χ1) is 8.51. The molecule has 3 N–H and O–H groups in total. The molecular formula is C12H15ClO5. The Balaban J connectivity index is 3.00. The minimum absolute atomic E-state index is 0.0390. The van der Waals surface area contributed by atoms with E-state index >= 15 is 0 Å². The van der Waals surface area contributed by atoms with Crippen molar-refractivity contribution < 1.29 is 24.9 Å². The van der Waals surface area contributed by atoms with Crippen molar-refractivity contribution in [2.75, 3.05) is 13.7 Å². The lowest BCUT2D eigenvalue weighted by Gasteiger charge is -2.18. The molecule has 6 heteroatoms. The van der Waals surface area contributed by atoms with E-state index in [9.17, 15) is 15.0 Å². The number of halogens is 1. The maximum atomic E-state index is 11.4. The topological polar surface area (TPSA) is 87.0 Å². The molecule has 0 amide bonds. The highest BCUT2D eigenvalue weighted by Crippen LogP contribution is 2.25. The average molecular weight is 275 g/mol. The number of carbonyl (C=O) groups excluding carboxylic acids is 1. The van der Waals surface area contributed by atoms with E-state index < -0.39 is 18.2 Å². The van der Waals surface area contributed by atoms with Gasteiger partial charge >= 0.3 is 5.97 Å². The van der Waals surface area contributed by atoms with Crippen LogP contribution < -0.4 is 0 Å². The van der Waals surface area contributed by atoms with E-state index in [-0.39, 0.29) is 23.6 Å². The maximum absolute atomic E-state index is 11.4. The Hall–Kier alpha value is -1.14. The minimum atomic E-state index is -1.20. The molecule has 0 aromatic heterocycles. The van der Waals surface area contributed by atoms with E-state index in [2.05, 4.69) is 4.74 Å². The van der Waals surface area contributed by atoms with Crippen molar-refractivity contribution in [2.45, 2.75) is 18.6 Å². The van der Waals surface area contributed by atoms with Gasteiger partial charge in [-0.05, 0) is 24.1 Å². The van der Waals surface area contributed by atoms with Crippen molar-refractivity contribution in [3.05, 3.63) is 34.3 Å². The first-order valence-electron chi connectivity index (χ1n) is 5.36. The van der Waals surface area contributed by atoms with Gasteiger partial charge < -0.3 is 20.1 Å². The number of hydrogen-bond acceptors (Lipinski definition) is 5. The molecule has 0 saturated carbocycles. The summed E-state index contributed by atoms with van der Waals surface area (Å²) >= 11 is 5.83. The fraction of sp³-hybridized carbons (Fsp3) is 0.417. The van der Waals surface area contributed by atoms with Crippen LogP contribution in [0.4, 0.5) is 0 Å². The van der Waals surface area contributed by atoms with E-state index in [1.165, 1.54) is 25.3 Å². The molecule has 2 unspecified atom stereocenters. The van der Waals surface area contributed by atoms with Crippen molar-refractivity contribution >= 4 is 17.6 Å². The number of hydrogen-bond donors (Lipinski definition) is 3. The second-order valence-corrected chi connectivity index (χ2v) is 4.16. The smallest absolute Gasteiger partial charge is 0.339 e. The molecule has 1 aromatic rings. The third-order valence-electron chi connectivity index (χ3n) is 2.53. The Morgan fingerprint density at radius 2 is 2.11 bits per heavy atom. The van der Waals surface area contributed by atoms with E-state index in [0.717, 1.165) is 0 Å². The highest BCUT2D eigenvalue weighted by atomic mass is 35.5. The van der Waals surface area contributed by atoms with Gasteiger partial charge in [0.1, 0.15) is 6.10 Å². The summed E-state index contributed by atoms with van der Waals surface area (Å²) in [5.41, 5.74) is 0.452. The Kier molecular flexibility index (Phi) is 5.55. The third kappa shape index (κ3) is 3.43. The largest absolute Gasteiger partial charge is 0.465 e. The van der Waals surface area contributed by atoms with E-state index in [0.29, 0.717) is 5.56 Å². The lowest BCUT2D eigenvalue weighted by atomic mass is 10.0. The number of ether oxygens (including phenoxy) is 1. The van der Waals surface area contributed by atoms with Crippen LogP contribution in [0.5, 0.6) is 0 Å². The average Bonchev–Trinajstić information content (AvgIpc) is 2.38. The highest BCUT2D eigenvalue weighted by Gasteiger charge is 2.20. The van der Waals surface area contributed by atoms with Gasteiger partial charge in [-0.2, -0.15) is 0 Å². The normalized spacial score (nSPS) is 14.1. The molecule has 0 aliphatic rings. The van der Waals surface area contributed by atoms with Crippen LogP contribution in [-0.2, 0) is 4.74 Å². The number of esters is 1. The first kappa shape index (κ1) is 14.9. The van der Waals surface area contributed by atoms with Crippen molar-refractivity contribution in [1.82, 2.24) is 0 Å². The molecule has 100 valence electrons. The summed E-state index contributed by atoms with van der Waals surface area (Å²) in [5.74, 6) is -0.620. The summed E-state index contributed by atoms with van der Waals surface area (Å²) in [6.45, 7) is -0.240. The van der Waals surface area contributed by atoms with Crippen LogP contribution in [0.25, 0.3) is 0 Å². The molecule has 1 rings (SSSR count). The molecular weight excluding hydrogens is 260 g/mol. The van der Waals surface area contributed by atoms with E-state index in [4.69, 9.17) is 16.7 Å². The number of methoxy groups -OCH3 is 1. The van der Waals surface area contributed by atoms with Gasteiger partial charge in [0.15, 0.2) is 0 Å². The van der Waals surface area contributed by atoms with Gasteiger partial charge in [0.25, 0.3) is 0 Å². The van der Waals surface area contributed by atoms with Crippen LogP contribution in [0, 0.1) is 0 Å². The number of aliphatic hydroxyl groups excluding tert-OH is 3. The Morgan fingerprint density at radius 3 is 2.67 bits per heavy atom. The molecule has 18 heavy (non-hydrogen) atoms. The van der Waals surface area contributed by atoms with Gasteiger partial charge in [0.2, 0.25) is 0 Å². The standard InChI is InChI=1S/C12H15ClO5/c1-18-12(17)8-6-7(2-3-9(8)13)11(16)10(15)4-5-14/h2-3,6,10-11,14-16H,4-5H2,1H3. The van der Waals surface area contributed by atoms with Crippen molar-refractivity contribution in [1.29, 1.82) is 0 Å². The maximum Gasteiger partial charge on any atom is 0.339 e. The zero-order chi connectivity index (χ0) is 13.7. The molecule has 0 bridgehead atoms. The molecule has 0 saturated heterocycles. The van der Waals surface area contributed by atoms with Crippen LogP contribution in [0.1, 0.15) is 28.4 Å². The zero-order valence-corrected chi connectivity index (χ0v) is 10.6. The lowest BCUT2D eigenvalue weighted by Crippen LogP contribution is -2.20. The quantitative estimate of drug-likeness (QED) is 0.695.